The Kier molecular flexibility index (Phi) is 4.90. The summed E-state index contributed by atoms with van der Waals surface area (Å²) in [5.74, 6) is 0.751. The molecular weight excluding hydrogens is 340 g/mol. The number of rotatable bonds is 4. The normalized spacial score (nSPS) is 21.1. The topological polar surface area (TPSA) is 56.8 Å². The summed E-state index contributed by atoms with van der Waals surface area (Å²) in [6.07, 6.45) is 2.99. The van der Waals surface area contributed by atoms with Crippen molar-refractivity contribution < 1.29 is 9.59 Å². The number of piperazine rings is 1. The van der Waals surface area contributed by atoms with Crippen molar-refractivity contribution in [2.24, 2.45) is 0 Å². The smallest absolute Gasteiger partial charge is 0.251 e. The lowest BCUT2D eigenvalue weighted by atomic mass is 10.1. The summed E-state index contributed by atoms with van der Waals surface area (Å²) < 4.78 is 0. The molecule has 2 fully saturated rings. The number of nitrogens with zero attached hydrogens (tertiary/aromatic N) is 4. The van der Waals surface area contributed by atoms with Crippen LogP contribution in [-0.2, 0) is 16.0 Å². The lowest BCUT2D eigenvalue weighted by Gasteiger charge is -2.37. The van der Waals surface area contributed by atoms with E-state index in [2.05, 4.69) is 21.7 Å². The summed E-state index contributed by atoms with van der Waals surface area (Å²) in [7, 11) is 0. The van der Waals surface area contributed by atoms with Crippen LogP contribution in [-0.4, -0.2) is 53.9 Å². The zero-order valence-corrected chi connectivity index (χ0v) is 15.5. The number of carbonyl (C=O) groups excluding carboxylic acids is 2. The first-order valence-electron chi connectivity index (χ1n) is 9.53. The van der Waals surface area contributed by atoms with E-state index in [4.69, 9.17) is 0 Å². The van der Waals surface area contributed by atoms with Crippen molar-refractivity contribution in [3.05, 3.63) is 54.2 Å². The number of aromatic nitrogens is 1. The summed E-state index contributed by atoms with van der Waals surface area (Å²) in [5, 5.41) is 0. The van der Waals surface area contributed by atoms with Crippen molar-refractivity contribution in [1.82, 2.24) is 9.88 Å². The van der Waals surface area contributed by atoms with Crippen molar-refractivity contribution in [2.45, 2.75) is 25.8 Å². The fourth-order valence-electron chi connectivity index (χ4n) is 3.86. The molecule has 1 aromatic heterocycles. The van der Waals surface area contributed by atoms with Crippen molar-refractivity contribution in [3.63, 3.8) is 0 Å². The zero-order chi connectivity index (χ0) is 18.8. The zero-order valence-electron chi connectivity index (χ0n) is 15.5. The van der Waals surface area contributed by atoms with Crippen LogP contribution in [0, 0.1) is 0 Å². The molecule has 0 unspecified atom stereocenters. The molecule has 0 saturated carbocycles. The maximum absolute atomic E-state index is 13.0. The highest BCUT2D eigenvalue weighted by Crippen LogP contribution is 2.27. The summed E-state index contributed by atoms with van der Waals surface area (Å²) in [4.78, 5) is 35.6. The molecule has 2 aliphatic rings. The maximum atomic E-state index is 13.0. The van der Waals surface area contributed by atoms with Crippen molar-refractivity contribution >= 4 is 23.3 Å². The third-order valence-electron chi connectivity index (χ3n) is 5.45. The van der Waals surface area contributed by atoms with Crippen LogP contribution >= 0.6 is 0 Å². The van der Waals surface area contributed by atoms with Gasteiger partial charge in [-0.1, -0.05) is 25.1 Å². The number of anilines is 2. The summed E-state index contributed by atoms with van der Waals surface area (Å²) in [6, 6.07) is 13.2. The van der Waals surface area contributed by atoms with Gasteiger partial charge in [0.2, 0.25) is 5.91 Å². The van der Waals surface area contributed by atoms with Gasteiger partial charge in [-0.05, 0) is 36.2 Å². The van der Waals surface area contributed by atoms with Crippen molar-refractivity contribution in [1.29, 1.82) is 0 Å². The Morgan fingerprint density at radius 3 is 2.37 bits per heavy atom. The molecule has 2 aliphatic heterocycles. The Balaban J connectivity index is 1.43. The molecule has 2 saturated heterocycles. The molecule has 0 N–H and O–H groups in total. The number of benzene rings is 1. The Labute approximate surface area is 159 Å². The third kappa shape index (κ3) is 3.45. The molecule has 1 atom stereocenters. The number of carbonyl (C=O) groups is 2. The number of amides is 2. The number of aryl methyl sites for hydroxylation is 1. The molecule has 27 heavy (non-hydrogen) atoms. The first kappa shape index (κ1) is 17.7. The van der Waals surface area contributed by atoms with Gasteiger partial charge in [0.1, 0.15) is 5.82 Å². The molecule has 140 valence electrons. The van der Waals surface area contributed by atoms with Crippen molar-refractivity contribution in [2.75, 3.05) is 36.0 Å². The lowest BCUT2D eigenvalue weighted by Crippen LogP contribution is -2.52. The minimum absolute atomic E-state index is 0.101. The monoisotopic (exact) mass is 364 g/mol. The van der Waals surface area contributed by atoms with E-state index in [-0.39, 0.29) is 24.3 Å². The van der Waals surface area contributed by atoms with Gasteiger partial charge < -0.3 is 4.90 Å². The van der Waals surface area contributed by atoms with Gasteiger partial charge in [-0.25, -0.2) is 9.88 Å². The Morgan fingerprint density at radius 1 is 1.00 bits per heavy atom. The van der Waals surface area contributed by atoms with Crippen LogP contribution in [0.25, 0.3) is 0 Å². The van der Waals surface area contributed by atoms with Crippen LogP contribution in [0.15, 0.2) is 48.7 Å². The van der Waals surface area contributed by atoms with E-state index in [0.29, 0.717) is 5.69 Å². The molecule has 6 heteroatoms. The number of pyridine rings is 1. The largest absolute Gasteiger partial charge is 0.354 e. The van der Waals surface area contributed by atoms with Crippen molar-refractivity contribution in [3.8, 4) is 0 Å². The molecule has 2 amide bonds. The molecule has 1 aromatic carbocycles. The highest BCUT2D eigenvalue weighted by atomic mass is 16.2. The highest BCUT2D eigenvalue weighted by molar-refractivity contribution is 6.22. The second-order valence-electron chi connectivity index (χ2n) is 7.02. The predicted octanol–water partition coefficient (Wildman–Crippen LogP) is 2.10. The molecule has 0 spiro atoms. The molecule has 3 heterocycles. The van der Waals surface area contributed by atoms with Crippen LogP contribution in [0.2, 0.25) is 0 Å². The fraction of sp³-hybridized carbons (Fsp3) is 0.381. The molecule has 6 nitrogen and oxygen atoms in total. The van der Waals surface area contributed by atoms with Crippen LogP contribution in [0.1, 0.15) is 18.9 Å². The molecule has 4 rings (SSSR count). The molecule has 0 aliphatic carbocycles. The van der Waals surface area contributed by atoms with Gasteiger partial charge in [0.15, 0.2) is 0 Å². The average Bonchev–Trinajstić information content (AvgIpc) is 3.03. The van der Waals surface area contributed by atoms with Gasteiger partial charge in [-0.2, -0.15) is 0 Å². The minimum atomic E-state index is -0.353. The van der Waals surface area contributed by atoms with E-state index in [1.54, 1.807) is 6.20 Å². The Hall–Kier alpha value is -2.73. The standard InChI is InChI=1S/C21H24N4O2/c1-2-16-6-8-17(9-7-16)25-20(26)15-18(21(25)27)23-11-13-24(14-12-23)19-5-3-4-10-22-19/h3-10,18H,2,11-15H2,1H3/t18-/m0/s1. The fourth-order valence-corrected chi connectivity index (χ4v) is 3.86. The first-order chi connectivity index (χ1) is 13.2. The van der Waals surface area contributed by atoms with E-state index in [1.807, 2.05) is 42.5 Å². The van der Waals surface area contributed by atoms with Crippen LogP contribution in [0.5, 0.6) is 0 Å². The second-order valence-corrected chi connectivity index (χ2v) is 7.02. The Bertz CT molecular complexity index is 814. The van der Waals surface area contributed by atoms with Crippen LogP contribution in [0.4, 0.5) is 11.5 Å². The number of hydrogen-bond acceptors (Lipinski definition) is 5. The van der Waals surface area contributed by atoms with Crippen LogP contribution in [0.3, 0.4) is 0 Å². The highest BCUT2D eigenvalue weighted by Gasteiger charge is 2.43. The molecule has 0 bridgehead atoms. The molecular formula is C21H24N4O2. The van der Waals surface area contributed by atoms with E-state index in [0.717, 1.165) is 38.4 Å². The Morgan fingerprint density at radius 2 is 1.74 bits per heavy atom. The van der Waals surface area contributed by atoms with Gasteiger partial charge in [-0.15, -0.1) is 0 Å². The average molecular weight is 364 g/mol. The lowest BCUT2D eigenvalue weighted by molar-refractivity contribution is -0.123. The van der Waals surface area contributed by atoms with Gasteiger partial charge in [0, 0.05) is 32.4 Å². The van der Waals surface area contributed by atoms with Gasteiger partial charge in [0.05, 0.1) is 18.2 Å². The molecule has 0 radical (unpaired) electrons. The number of hydrogen-bond donors (Lipinski definition) is 0. The van der Waals surface area contributed by atoms with E-state index in [9.17, 15) is 9.59 Å². The third-order valence-corrected chi connectivity index (χ3v) is 5.45. The number of imide groups is 1. The van der Waals surface area contributed by atoms with E-state index < -0.39 is 0 Å². The summed E-state index contributed by atoms with van der Waals surface area (Å²) in [6.45, 7) is 5.20. The molecule has 2 aromatic rings. The van der Waals surface area contributed by atoms with E-state index in [1.165, 1.54) is 10.5 Å². The predicted molar refractivity (Wildman–Crippen MR) is 105 cm³/mol. The minimum Gasteiger partial charge on any atom is -0.354 e. The first-order valence-corrected chi connectivity index (χ1v) is 9.53. The quantitative estimate of drug-likeness (QED) is 0.778. The van der Waals surface area contributed by atoms with Gasteiger partial charge in [-0.3, -0.25) is 14.5 Å². The van der Waals surface area contributed by atoms with E-state index >= 15 is 0 Å². The SMILES string of the molecule is CCc1ccc(N2C(=O)C[C@H](N3CCN(c4ccccn4)CC3)C2=O)cc1. The van der Waals surface area contributed by atoms with Crippen LogP contribution < -0.4 is 9.80 Å². The second kappa shape index (κ2) is 7.48. The summed E-state index contributed by atoms with van der Waals surface area (Å²) in [5.41, 5.74) is 1.87. The maximum Gasteiger partial charge on any atom is 0.251 e. The summed E-state index contributed by atoms with van der Waals surface area (Å²) >= 11 is 0. The van der Waals surface area contributed by atoms with Gasteiger partial charge >= 0.3 is 0 Å². The van der Waals surface area contributed by atoms with Gasteiger partial charge in [0.25, 0.3) is 5.91 Å².